The molecule has 1 rings (SSSR count). The van der Waals surface area contributed by atoms with Crippen LogP contribution in [-0.2, 0) is 11.2 Å². The van der Waals surface area contributed by atoms with Crippen LogP contribution in [0, 0.1) is 0 Å². The van der Waals surface area contributed by atoms with Gasteiger partial charge in [0.05, 0.1) is 13.2 Å². The molecule has 0 saturated heterocycles. The SMILES string of the molecule is COc1cc(Br)c(CCCC(=O)O)cc1OC(C)C. The van der Waals surface area contributed by atoms with Gasteiger partial charge in [-0.2, -0.15) is 0 Å². The fourth-order valence-corrected chi connectivity index (χ4v) is 2.23. The zero-order chi connectivity index (χ0) is 14.4. The molecule has 0 spiro atoms. The van der Waals surface area contributed by atoms with Crippen molar-refractivity contribution in [2.45, 2.75) is 39.2 Å². The van der Waals surface area contributed by atoms with E-state index in [2.05, 4.69) is 15.9 Å². The molecule has 0 bridgehead atoms. The molecular weight excluding hydrogens is 312 g/mol. The summed E-state index contributed by atoms with van der Waals surface area (Å²) >= 11 is 3.47. The van der Waals surface area contributed by atoms with E-state index in [4.69, 9.17) is 14.6 Å². The van der Waals surface area contributed by atoms with E-state index in [1.54, 1.807) is 7.11 Å². The molecule has 19 heavy (non-hydrogen) atoms. The zero-order valence-electron chi connectivity index (χ0n) is 11.4. The molecule has 0 radical (unpaired) electrons. The lowest BCUT2D eigenvalue weighted by Gasteiger charge is -2.16. The van der Waals surface area contributed by atoms with Gasteiger partial charge in [0.15, 0.2) is 11.5 Å². The monoisotopic (exact) mass is 330 g/mol. The van der Waals surface area contributed by atoms with E-state index < -0.39 is 5.97 Å². The highest BCUT2D eigenvalue weighted by atomic mass is 79.9. The predicted molar refractivity (Wildman–Crippen MR) is 77.0 cm³/mol. The Morgan fingerprint density at radius 2 is 2.05 bits per heavy atom. The standard InChI is InChI=1S/C14H19BrO4/c1-9(2)19-13-7-10(5-4-6-14(16)17)11(15)8-12(13)18-3/h7-9H,4-6H2,1-3H3,(H,16,17). The molecule has 0 atom stereocenters. The largest absolute Gasteiger partial charge is 0.493 e. The van der Waals surface area contributed by atoms with Crippen molar-refractivity contribution in [2.75, 3.05) is 7.11 Å². The van der Waals surface area contributed by atoms with Crippen molar-refractivity contribution in [3.05, 3.63) is 22.2 Å². The predicted octanol–water partition coefficient (Wildman–Crippen LogP) is 3.65. The van der Waals surface area contributed by atoms with Crippen molar-refractivity contribution in [3.8, 4) is 11.5 Å². The molecule has 0 aliphatic carbocycles. The topological polar surface area (TPSA) is 55.8 Å². The normalized spacial score (nSPS) is 10.6. The van der Waals surface area contributed by atoms with E-state index in [-0.39, 0.29) is 12.5 Å². The number of carbonyl (C=O) groups is 1. The Kier molecular flexibility index (Phi) is 6.15. The van der Waals surface area contributed by atoms with Gasteiger partial charge in [0.25, 0.3) is 0 Å². The fourth-order valence-electron chi connectivity index (χ4n) is 1.70. The molecule has 0 aliphatic heterocycles. The smallest absolute Gasteiger partial charge is 0.303 e. The van der Waals surface area contributed by atoms with Crippen molar-refractivity contribution in [1.82, 2.24) is 0 Å². The minimum Gasteiger partial charge on any atom is -0.493 e. The number of carboxylic acid groups (broad SMARTS) is 1. The molecule has 1 aromatic rings. The van der Waals surface area contributed by atoms with Crippen LogP contribution in [0.4, 0.5) is 0 Å². The second-order valence-electron chi connectivity index (χ2n) is 4.51. The Morgan fingerprint density at radius 3 is 2.58 bits per heavy atom. The van der Waals surface area contributed by atoms with Gasteiger partial charge in [-0.25, -0.2) is 0 Å². The number of rotatable bonds is 7. The van der Waals surface area contributed by atoms with Gasteiger partial charge >= 0.3 is 5.97 Å². The second kappa shape index (κ2) is 7.38. The third kappa shape index (κ3) is 5.11. The second-order valence-corrected chi connectivity index (χ2v) is 5.36. The third-order valence-corrected chi connectivity index (χ3v) is 3.27. The van der Waals surface area contributed by atoms with Crippen molar-refractivity contribution >= 4 is 21.9 Å². The van der Waals surface area contributed by atoms with Gasteiger partial charge in [-0.05, 0) is 44.4 Å². The highest BCUT2D eigenvalue weighted by Crippen LogP contribution is 2.34. The minimum atomic E-state index is -0.775. The first-order chi connectivity index (χ1) is 8.93. The quantitative estimate of drug-likeness (QED) is 0.829. The summed E-state index contributed by atoms with van der Waals surface area (Å²) in [6.45, 7) is 3.90. The van der Waals surface area contributed by atoms with Crippen LogP contribution in [0.15, 0.2) is 16.6 Å². The maximum absolute atomic E-state index is 10.5. The van der Waals surface area contributed by atoms with Crippen LogP contribution in [0.25, 0.3) is 0 Å². The van der Waals surface area contributed by atoms with Gasteiger partial charge in [-0.15, -0.1) is 0 Å². The Morgan fingerprint density at radius 1 is 1.37 bits per heavy atom. The maximum Gasteiger partial charge on any atom is 0.303 e. The molecule has 4 nitrogen and oxygen atoms in total. The Balaban J connectivity index is 2.88. The number of ether oxygens (including phenoxy) is 2. The van der Waals surface area contributed by atoms with Crippen LogP contribution in [0.1, 0.15) is 32.3 Å². The number of aryl methyl sites for hydroxylation is 1. The summed E-state index contributed by atoms with van der Waals surface area (Å²) in [5.74, 6) is 0.580. The molecule has 0 unspecified atom stereocenters. The first-order valence-electron chi connectivity index (χ1n) is 6.19. The van der Waals surface area contributed by atoms with E-state index >= 15 is 0 Å². The number of hydrogen-bond acceptors (Lipinski definition) is 3. The lowest BCUT2D eigenvalue weighted by atomic mass is 10.1. The maximum atomic E-state index is 10.5. The summed E-state index contributed by atoms with van der Waals surface area (Å²) in [6.07, 6.45) is 1.51. The van der Waals surface area contributed by atoms with Crippen LogP contribution in [0.5, 0.6) is 11.5 Å². The number of halogens is 1. The Labute approximate surface area is 121 Å². The number of methoxy groups -OCH3 is 1. The fraction of sp³-hybridized carbons (Fsp3) is 0.500. The zero-order valence-corrected chi connectivity index (χ0v) is 13.0. The van der Waals surface area contributed by atoms with Crippen LogP contribution in [0.3, 0.4) is 0 Å². The molecular formula is C14H19BrO4. The van der Waals surface area contributed by atoms with Gasteiger partial charge < -0.3 is 14.6 Å². The van der Waals surface area contributed by atoms with E-state index in [9.17, 15) is 4.79 Å². The van der Waals surface area contributed by atoms with Crippen LogP contribution in [0.2, 0.25) is 0 Å². The summed E-state index contributed by atoms with van der Waals surface area (Å²) < 4.78 is 11.9. The highest BCUT2D eigenvalue weighted by molar-refractivity contribution is 9.10. The van der Waals surface area contributed by atoms with Crippen molar-refractivity contribution < 1.29 is 19.4 Å². The summed E-state index contributed by atoms with van der Waals surface area (Å²) in [4.78, 5) is 10.5. The van der Waals surface area contributed by atoms with Gasteiger partial charge in [0.1, 0.15) is 0 Å². The van der Waals surface area contributed by atoms with Gasteiger partial charge in [-0.1, -0.05) is 15.9 Å². The molecule has 1 N–H and O–H groups in total. The van der Waals surface area contributed by atoms with Gasteiger partial charge in [0.2, 0.25) is 0 Å². The van der Waals surface area contributed by atoms with E-state index in [1.807, 2.05) is 26.0 Å². The molecule has 0 aliphatic rings. The average Bonchev–Trinajstić information content (AvgIpc) is 2.31. The minimum absolute atomic E-state index is 0.0574. The lowest BCUT2D eigenvalue weighted by molar-refractivity contribution is -0.137. The number of hydrogen-bond donors (Lipinski definition) is 1. The lowest BCUT2D eigenvalue weighted by Crippen LogP contribution is -2.07. The molecule has 0 fully saturated rings. The first-order valence-corrected chi connectivity index (χ1v) is 6.98. The number of aliphatic carboxylic acids is 1. The molecule has 0 amide bonds. The molecule has 0 heterocycles. The number of carboxylic acids is 1. The van der Waals surface area contributed by atoms with Gasteiger partial charge in [0, 0.05) is 10.9 Å². The molecule has 0 aromatic heterocycles. The van der Waals surface area contributed by atoms with Crippen LogP contribution >= 0.6 is 15.9 Å². The van der Waals surface area contributed by atoms with Crippen LogP contribution in [-0.4, -0.2) is 24.3 Å². The van der Waals surface area contributed by atoms with E-state index in [0.717, 1.165) is 10.0 Å². The average molecular weight is 331 g/mol. The molecule has 0 saturated carbocycles. The molecule has 1 aromatic carbocycles. The van der Waals surface area contributed by atoms with E-state index in [1.165, 1.54) is 0 Å². The first kappa shape index (κ1) is 15.8. The van der Waals surface area contributed by atoms with Crippen molar-refractivity contribution in [1.29, 1.82) is 0 Å². The Bertz CT molecular complexity index is 443. The third-order valence-electron chi connectivity index (χ3n) is 2.53. The highest BCUT2D eigenvalue weighted by Gasteiger charge is 2.12. The Hall–Kier alpha value is -1.23. The number of benzene rings is 1. The van der Waals surface area contributed by atoms with Crippen molar-refractivity contribution in [2.24, 2.45) is 0 Å². The van der Waals surface area contributed by atoms with E-state index in [0.29, 0.717) is 24.3 Å². The summed E-state index contributed by atoms with van der Waals surface area (Å²) in [5.41, 5.74) is 1.03. The molecule has 106 valence electrons. The summed E-state index contributed by atoms with van der Waals surface area (Å²) in [7, 11) is 1.60. The summed E-state index contributed by atoms with van der Waals surface area (Å²) in [5, 5.41) is 8.66. The summed E-state index contributed by atoms with van der Waals surface area (Å²) in [6, 6.07) is 3.76. The van der Waals surface area contributed by atoms with Gasteiger partial charge in [-0.3, -0.25) is 4.79 Å². The van der Waals surface area contributed by atoms with Crippen molar-refractivity contribution in [3.63, 3.8) is 0 Å². The molecule has 5 heteroatoms. The van der Waals surface area contributed by atoms with Crippen LogP contribution < -0.4 is 9.47 Å².